The van der Waals surface area contributed by atoms with Gasteiger partial charge in [-0.2, -0.15) is 0 Å². The van der Waals surface area contributed by atoms with Crippen molar-refractivity contribution < 1.29 is 9.90 Å². The Labute approximate surface area is 67.9 Å². The highest BCUT2D eigenvalue weighted by molar-refractivity contribution is 6.30. The Bertz CT molecular complexity index is 301. The summed E-state index contributed by atoms with van der Waals surface area (Å²) in [7, 11) is 0. The van der Waals surface area contributed by atoms with E-state index in [1.165, 1.54) is 6.20 Å². The van der Waals surface area contributed by atoms with Crippen molar-refractivity contribution in [3.8, 4) is 0 Å². The number of rotatable bonds is 1. The molecule has 0 saturated carbocycles. The number of aromatic carboxylic acids is 1. The van der Waals surface area contributed by atoms with Crippen molar-refractivity contribution in [3.05, 3.63) is 22.7 Å². The van der Waals surface area contributed by atoms with Crippen LogP contribution in [-0.2, 0) is 0 Å². The molecule has 0 unspecified atom stereocenters. The molecule has 0 fully saturated rings. The van der Waals surface area contributed by atoms with Crippen LogP contribution in [0.1, 0.15) is 16.2 Å². The summed E-state index contributed by atoms with van der Waals surface area (Å²) in [5.41, 5.74) is 0.664. The number of halogens is 1. The van der Waals surface area contributed by atoms with E-state index in [1.807, 2.05) is 0 Å². The van der Waals surface area contributed by atoms with E-state index in [1.54, 1.807) is 6.92 Å². The molecule has 0 atom stereocenters. The highest BCUT2D eigenvalue weighted by Gasteiger charge is 2.07. The third-order valence-corrected chi connectivity index (χ3v) is 1.48. The number of aromatic nitrogens is 2. The number of carboxylic acids is 1. The third-order valence-electron chi connectivity index (χ3n) is 1.10. The van der Waals surface area contributed by atoms with Gasteiger partial charge in [-0.05, 0) is 6.92 Å². The van der Waals surface area contributed by atoms with Gasteiger partial charge in [-0.1, -0.05) is 11.6 Å². The van der Waals surface area contributed by atoms with Crippen LogP contribution in [0, 0.1) is 6.92 Å². The van der Waals surface area contributed by atoms with E-state index in [0.29, 0.717) is 5.56 Å². The van der Waals surface area contributed by atoms with Gasteiger partial charge in [0, 0.05) is 11.8 Å². The fourth-order valence-electron chi connectivity index (χ4n) is 0.524. The maximum Gasteiger partial charge on any atom is 0.373 e. The van der Waals surface area contributed by atoms with E-state index in [9.17, 15) is 4.79 Å². The van der Waals surface area contributed by atoms with Crippen LogP contribution in [0.3, 0.4) is 0 Å². The van der Waals surface area contributed by atoms with Crippen LogP contribution in [0.25, 0.3) is 0 Å². The highest BCUT2D eigenvalue weighted by Crippen LogP contribution is 2.09. The number of carboxylic acid groups (broad SMARTS) is 1. The summed E-state index contributed by atoms with van der Waals surface area (Å²) in [6.07, 6.45) is 1.37. The molecule has 0 amide bonds. The number of nitrogens with zero attached hydrogens (tertiary/aromatic N) is 2. The fraction of sp³-hybridized carbons (Fsp3) is 0.167. The molecule has 0 bridgehead atoms. The zero-order valence-electron chi connectivity index (χ0n) is 5.71. The molecule has 4 nitrogen and oxygen atoms in total. The van der Waals surface area contributed by atoms with E-state index in [-0.39, 0.29) is 11.0 Å². The van der Waals surface area contributed by atoms with Crippen molar-refractivity contribution >= 4 is 17.6 Å². The molecule has 5 heteroatoms. The van der Waals surface area contributed by atoms with Crippen molar-refractivity contribution in [3.63, 3.8) is 0 Å². The quantitative estimate of drug-likeness (QED) is 0.646. The predicted molar refractivity (Wildman–Crippen MR) is 38.7 cm³/mol. The normalized spacial score (nSPS) is 9.64. The minimum Gasteiger partial charge on any atom is -0.475 e. The van der Waals surface area contributed by atoms with Crippen molar-refractivity contribution in [1.29, 1.82) is 0 Å². The molecule has 1 rings (SSSR count). The molecule has 1 heterocycles. The van der Waals surface area contributed by atoms with Crippen LogP contribution < -0.4 is 0 Å². The van der Waals surface area contributed by atoms with Gasteiger partial charge in [0.1, 0.15) is 5.15 Å². The first-order valence-corrected chi connectivity index (χ1v) is 3.21. The van der Waals surface area contributed by atoms with Gasteiger partial charge in [0.2, 0.25) is 5.82 Å². The van der Waals surface area contributed by atoms with Crippen molar-refractivity contribution in [2.75, 3.05) is 0 Å². The summed E-state index contributed by atoms with van der Waals surface area (Å²) in [6.45, 7) is 1.70. The summed E-state index contributed by atoms with van der Waals surface area (Å²) in [5.74, 6) is -1.45. The zero-order valence-corrected chi connectivity index (χ0v) is 6.46. The van der Waals surface area contributed by atoms with Crippen molar-refractivity contribution in [2.45, 2.75) is 6.92 Å². The number of hydrogen-bond donors (Lipinski definition) is 1. The molecular formula is C6H5ClN2O2. The number of carbonyl (C=O) groups is 1. The molecule has 11 heavy (non-hydrogen) atoms. The average molecular weight is 173 g/mol. The lowest BCUT2D eigenvalue weighted by Crippen LogP contribution is -2.04. The molecule has 0 radical (unpaired) electrons. The Morgan fingerprint density at radius 1 is 1.73 bits per heavy atom. The van der Waals surface area contributed by atoms with Crippen molar-refractivity contribution in [1.82, 2.24) is 9.97 Å². The lowest BCUT2D eigenvalue weighted by molar-refractivity contribution is 0.0683. The average Bonchev–Trinajstić information content (AvgIpc) is 1.94. The molecule has 0 aliphatic carbocycles. The molecule has 0 aliphatic heterocycles. The molecular weight excluding hydrogens is 168 g/mol. The first-order valence-electron chi connectivity index (χ1n) is 2.83. The van der Waals surface area contributed by atoms with E-state index < -0.39 is 5.97 Å². The molecule has 58 valence electrons. The minimum absolute atomic E-state index is 0.178. The standard InChI is InChI=1S/C6H5ClN2O2/c1-3-2-8-5(6(10)11)9-4(3)7/h2H,1H3,(H,10,11). The first kappa shape index (κ1) is 7.94. The summed E-state index contributed by atoms with van der Waals surface area (Å²) < 4.78 is 0. The van der Waals surface area contributed by atoms with E-state index in [4.69, 9.17) is 16.7 Å². The van der Waals surface area contributed by atoms with Gasteiger partial charge in [0.15, 0.2) is 0 Å². The van der Waals surface area contributed by atoms with Gasteiger partial charge < -0.3 is 5.11 Å². The SMILES string of the molecule is Cc1cnc(C(=O)O)nc1Cl. The molecule has 0 aliphatic rings. The second kappa shape index (κ2) is 2.84. The zero-order chi connectivity index (χ0) is 8.43. The first-order chi connectivity index (χ1) is 5.11. The van der Waals surface area contributed by atoms with Gasteiger partial charge in [-0.3, -0.25) is 0 Å². The van der Waals surface area contributed by atoms with Crippen LogP contribution >= 0.6 is 11.6 Å². The highest BCUT2D eigenvalue weighted by atomic mass is 35.5. The summed E-state index contributed by atoms with van der Waals surface area (Å²) in [4.78, 5) is 17.4. The molecule has 0 spiro atoms. The van der Waals surface area contributed by atoms with Gasteiger partial charge in [0.05, 0.1) is 0 Å². The second-order valence-corrected chi connectivity index (χ2v) is 2.33. The summed E-state index contributed by atoms with van der Waals surface area (Å²) >= 11 is 5.54. The lowest BCUT2D eigenvalue weighted by Gasteiger charge is -1.95. The van der Waals surface area contributed by atoms with E-state index in [0.717, 1.165) is 0 Å². The predicted octanol–water partition coefficient (Wildman–Crippen LogP) is 1.14. The molecule has 1 aromatic rings. The lowest BCUT2D eigenvalue weighted by atomic mass is 10.4. The second-order valence-electron chi connectivity index (χ2n) is 1.97. The molecule has 1 N–H and O–H groups in total. The number of aryl methyl sites for hydroxylation is 1. The molecule has 0 saturated heterocycles. The van der Waals surface area contributed by atoms with Crippen LogP contribution in [0.5, 0.6) is 0 Å². The Morgan fingerprint density at radius 3 is 2.82 bits per heavy atom. The maximum absolute atomic E-state index is 10.3. The monoisotopic (exact) mass is 172 g/mol. The van der Waals surface area contributed by atoms with Crippen LogP contribution in [0.2, 0.25) is 5.15 Å². The molecule has 1 aromatic heterocycles. The van der Waals surface area contributed by atoms with Crippen LogP contribution in [-0.4, -0.2) is 21.0 Å². The third kappa shape index (κ3) is 1.65. The van der Waals surface area contributed by atoms with E-state index in [2.05, 4.69) is 9.97 Å². The van der Waals surface area contributed by atoms with E-state index >= 15 is 0 Å². The van der Waals surface area contributed by atoms with Gasteiger partial charge >= 0.3 is 5.97 Å². The number of hydrogen-bond acceptors (Lipinski definition) is 3. The van der Waals surface area contributed by atoms with Crippen LogP contribution in [0.15, 0.2) is 6.20 Å². The summed E-state index contributed by atoms with van der Waals surface area (Å²) in [6, 6.07) is 0. The smallest absolute Gasteiger partial charge is 0.373 e. The topological polar surface area (TPSA) is 63.1 Å². The largest absolute Gasteiger partial charge is 0.475 e. The summed E-state index contributed by atoms with van der Waals surface area (Å²) in [5, 5.41) is 8.59. The van der Waals surface area contributed by atoms with Gasteiger partial charge in [-0.25, -0.2) is 14.8 Å². The van der Waals surface area contributed by atoms with Crippen LogP contribution in [0.4, 0.5) is 0 Å². The Hall–Kier alpha value is -1.16. The van der Waals surface area contributed by atoms with Gasteiger partial charge in [-0.15, -0.1) is 0 Å². The Balaban J connectivity index is 3.15. The molecule has 0 aromatic carbocycles. The Morgan fingerprint density at radius 2 is 2.36 bits per heavy atom. The maximum atomic E-state index is 10.3. The fourth-order valence-corrected chi connectivity index (χ4v) is 0.653. The van der Waals surface area contributed by atoms with Gasteiger partial charge in [0.25, 0.3) is 0 Å². The minimum atomic E-state index is -1.17. The Kier molecular flexibility index (Phi) is 2.05. The van der Waals surface area contributed by atoms with Crippen molar-refractivity contribution in [2.24, 2.45) is 0 Å².